The molecule has 1 aliphatic carbocycles. The zero-order valence-corrected chi connectivity index (χ0v) is 8.78. The molecule has 0 bridgehead atoms. The average molecular weight is 234 g/mol. The van der Waals surface area contributed by atoms with Gasteiger partial charge in [0.1, 0.15) is 4.90 Å². The lowest BCUT2D eigenvalue weighted by atomic mass is 9.97. The molecule has 0 saturated heterocycles. The highest BCUT2D eigenvalue weighted by atomic mass is 35.7. The molecule has 0 unspecified atom stereocenters. The topological polar surface area (TPSA) is 67.0 Å². The quantitative estimate of drug-likeness (QED) is 0.747. The van der Waals surface area contributed by atoms with Crippen LogP contribution in [0.5, 0.6) is 0 Å². The summed E-state index contributed by atoms with van der Waals surface area (Å²) in [5, 5.41) is 0. The summed E-state index contributed by atoms with van der Waals surface area (Å²) in [5.74, 6) is -0.0437. The molecule has 0 saturated carbocycles. The number of halogens is 1. The molecule has 1 aromatic rings. The number of H-pyrrole nitrogens is 1. The lowest BCUT2D eigenvalue weighted by Crippen LogP contribution is -2.11. The number of fused-ring (bicyclic) bond motifs is 1. The first-order valence-corrected chi connectivity index (χ1v) is 6.49. The molecule has 1 aliphatic rings. The summed E-state index contributed by atoms with van der Waals surface area (Å²) >= 11 is 0. The summed E-state index contributed by atoms with van der Waals surface area (Å²) in [5.41, 5.74) is 0.937. The van der Waals surface area contributed by atoms with Crippen molar-refractivity contribution in [2.24, 2.45) is 0 Å². The van der Waals surface area contributed by atoms with Crippen molar-refractivity contribution in [1.29, 1.82) is 0 Å². The van der Waals surface area contributed by atoms with Gasteiger partial charge in [-0.2, -0.15) is 0 Å². The van der Waals surface area contributed by atoms with Crippen LogP contribution in [0, 0.1) is 0 Å². The van der Waals surface area contributed by atoms with E-state index in [2.05, 4.69) is 4.98 Å². The molecule has 4 nitrogen and oxygen atoms in total. The molecular weight excluding hydrogens is 226 g/mol. The predicted octanol–water partition coefficient (Wildman–Crippen LogP) is 1.46. The highest BCUT2D eigenvalue weighted by Crippen LogP contribution is 2.28. The minimum absolute atomic E-state index is 0.0437. The van der Waals surface area contributed by atoms with Crippen molar-refractivity contribution in [2.75, 3.05) is 0 Å². The maximum absolute atomic E-state index is 11.4. The van der Waals surface area contributed by atoms with Gasteiger partial charge in [0, 0.05) is 28.9 Å². The van der Waals surface area contributed by atoms with E-state index in [0.717, 1.165) is 0 Å². The minimum atomic E-state index is -3.74. The van der Waals surface area contributed by atoms with Crippen LogP contribution in [0.25, 0.3) is 0 Å². The van der Waals surface area contributed by atoms with Gasteiger partial charge in [-0.1, -0.05) is 0 Å². The lowest BCUT2D eigenvalue weighted by molar-refractivity contribution is 0.0968. The van der Waals surface area contributed by atoms with Crippen LogP contribution in [0.1, 0.15) is 28.9 Å². The number of Topliss-reactive ketones (excluding diaryl/α,β-unsaturated/α-hetero) is 1. The molecule has 0 spiro atoms. The van der Waals surface area contributed by atoms with E-state index in [1.54, 1.807) is 0 Å². The van der Waals surface area contributed by atoms with Gasteiger partial charge in [-0.05, 0) is 12.8 Å². The Morgan fingerprint density at radius 1 is 1.36 bits per heavy atom. The van der Waals surface area contributed by atoms with Crippen molar-refractivity contribution in [3.05, 3.63) is 17.5 Å². The molecule has 1 heterocycles. The Bertz CT molecular complexity index is 489. The lowest BCUT2D eigenvalue weighted by Gasteiger charge is -2.10. The Kier molecular flexibility index (Phi) is 2.16. The monoisotopic (exact) mass is 233 g/mol. The summed E-state index contributed by atoms with van der Waals surface area (Å²) in [7, 11) is 1.49. The molecule has 1 N–H and O–H groups in total. The number of hydrogen-bond donors (Lipinski definition) is 1. The number of ketones is 1. The molecule has 2 rings (SSSR count). The van der Waals surface area contributed by atoms with Crippen molar-refractivity contribution < 1.29 is 13.2 Å². The Hall–Kier alpha value is -0.810. The van der Waals surface area contributed by atoms with E-state index >= 15 is 0 Å². The number of carbonyl (C=O) groups is 1. The molecule has 76 valence electrons. The summed E-state index contributed by atoms with van der Waals surface area (Å²) in [6.07, 6.45) is 3.03. The van der Waals surface area contributed by atoms with Gasteiger partial charge in [0.15, 0.2) is 5.78 Å². The van der Waals surface area contributed by atoms with E-state index in [9.17, 15) is 13.2 Å². The van der Waals surface area contributed by atoms with E-state index in [1.807, 2.05) is 0 Å². The molecule has 1 aromatic heterocycles. The van der Waals surface area contributed by atoms with Gasteiger partial charge in [-0.25, -0.2) is 8.42 Å². The zero-order chi connectivity index (χ0) is 10.3. The minimum Gasteiger partial charge on any atom is -0.357 e. The Balaban J connectivity index is 2.63. The van der Waals surface area contributed by atoms with Crippen LogP contribution in [0.15, 0.2) is 11.1 Å². The van der Waals surface area contributed by atoms with Gasteiger partial charge in [-0.3, -0.25) is 4.79 Å². The molecule has 0 aliphatic heterocycles. The standard InChI is InChI=1S/C8H8ClNO3S/c9-14(12,13)7-4-10-8-5(7)2-1-3-6(8)11/h4,10H,1-3H2. The van der Waals surface area contributed by atoms with E-state index in [4.69, 9.17) is 10.7 Å². The third kappa shape index (κ3) is 1.46. The maximum Gasteiger partial charge on any atom is 0.263 e. The van der Waals surface area contributed by atoms with Crippen molar-refractivity contribution in [2.45, 2.75) is 24.2 Å². The van der Waals surface area contributed by atoms with E-state index < -0.39 is 9.05 Å². The van der Waals surface area contributed by atoms with Crippen LogP contribution in [0.4, 0.5) is 0 Å². The molecule has 0 atom stereocenters. The SMILES string of the molecule is O=C1CCCc2c(S(=O)(=O)Cl)c[nH]c21. The third-order valence-corrected chi connectivity index (χ3v) is 3.71. The highest BCUT2D eigenvalue weighted by molar-refractivity contribution is 8.13. The predicted molar refractivity (Wildman–Crippen MR) is 51.1 cm³/mol. The number of nitrogens with one attached hydrogen (secondary N) is 1. The Morgan fingerprint density at radius 2 is 2.07 bits per heavy atom. The number of hydrogen-bond acceptors (Lipinski definition) is 3. The van der Waals surface area contributed by atoms with E-state index in [0.29, 0.717) is 30.5 Å². The maximum atomic E-state index is 11.4. The number of aromatic amines is 1. The summed E-state index contributed by atoms with van der Waals surface area (Å²) in [4.78, 5) is 14.1. The second-order valence-electron chi connectivity index (χ2n) is 3.22. The zero-order valence-electron chi connectivity index (χ0n) is 7.21. The second kappa shape index (κ2) is 3.10. The van der Waals surface area contributed by atoms with Gasteiger partial charge in [0.05, 0.1) is 5.69 Å². The van der Waals surface area contributed by atoms with Gasteiger partial charge in [-0.15, -0.1) is 0 Å². The first-order chi connectivity index (χ1) is 6.50. The van der Waals surface area contributed by atoms with Crippen LogP contribution < -0.4 is 0 Å². The molecular formula is C8H8ClNO3S. The van der Waals surface area contributed by atoms with Crippen LogP contribution >= 0.6 is 10.7 Å². The first-order valence-electron chi connectivity index (χ1n) is 4.18. The summed E-state index contributed by atoms with van der Waals surface area (Å²) in [6.45, 7) is 0. The summed E-state index contributed by atoms with van der Waals surface area (Å²) < 4.78 is 22.2. The van der Waals surface area contributed by atoms with E-state index in [-0.39, 0.29) is 10.7 Å². The fourth-order valence-corrected chi connectivity index (χ4v) is 2.81. The average Bonchev–Trinajstić information content (AvgIpc) is 2.47. The largest absolute Gasteiger partial charge is 0.357 e. The fourth-order valence-electron chi connectivity index (χ4n) is 1.70. The van der Waals surface area contributed by atoms with Crippen molar-refractivity contribution in [1.82, 2.24) is 4.98 Å². The van der Waals surface area contributed by atoms with Gasteiger partial charge < -0.3 is 4.98 Å². The molecule has 0 amide bonds. The van der Waals surface area contributed by atoms with E-state index in [1.165, 1.54) is 6.20 Å². The fraction of sp³-hybridized carbons (Fsp3) is 0.375. The van der Waals surface area contributed by atoms with Gasteiger partial charge >= 0.3 is 0 Å². The number of aromatic nitrogens is 1. The molecule has 0 aromatic carbocycles. The number of carbonyl (C=O) groups excluding carboxylic acids is 1. The highest BCUT2D eigenvalue weighted by Gasteiger charge is 2.26. The molecule has 0 fully saturated rings. The van der Waals surface area contributed by atoms with Crippen LogP contribution in [0.3, 0.4) is 0 Å². The summed E-state index contributed by atoms with van der Waals surface area (Å²) in [6, 6.07) is 0. The van der Waals surface area contributed by atoms with Crippen molar-refractivity contribution >= 4 is 25.5 Å². The molecule has 14 heavy (non-hydrogen) atoms. The van der Waals surface area contributed by atoms with Gasteiger partial charge in [0.2, 0.25) is 0 Å². The van der Waals surface area contributed by atoms with Crippen LogP contribution in [-0.4, -0.2) is 19.2 Å². The smallest absolute Gasteiger partial charge is 0.263 e. The Labute approximate surface area is 85.7 Å². The van der Waals surface area contributed by atoms with Crippen molar-refractivity contribution in [3.8, 4) is 0 Å². The second-order valence-corrected chi connectivity index (χ2v) is 5.76. The number of rotatable bonds is 1. The molecule has 6 heteroatoms. The third-order valence-electron chi connectivity index (χ3n) is 2.32. The van der Waals surface area contributed by atoms with Crippen LogP contribution in [0.2, 0.25) is 0 Å². The Morgan fingerprint density at radius 3 is 2.71 bits per heavy atom. The van der Waals surface area contributed by atoms with Gasteiger partial charge in [0.25, 0.3) is 9.05 Å². The first kappa shape index (κ1) is 9.73. The normalized spacial score (nSPS) is 16.8. The molecule has 0 radical (unpaired) electrons. The van der Waals surface area contributed by atoms with Crippen molar-refractivity contribution in [3.63, 3.8) is 0 Å². The van der Waals surface area contributed by atoms with Crippen LogP contribution in [-0.2, 0) is 15.5 Å².